The lowest BCUT2D eigenvalue weighted by Gasteiger charge is -2.33. The van der Waals surface area contributed by atoms with Crippen LogP contribution in [0.25, 0.3) is 10.8 Å². The van der Waals surface area contributed by atoms with E-state index in [9.17, 15) is 9.90 Å². The molecule has 0 aliphatic carbocycles. The normalized spacial score (nSPS) is 17.7. The van der Waals surface area contributed by atoms with E-state index >= 15 is 0 Å². The van der Waals surface area contributed by atoms with Crippen LogP contribution in [0, 0.1) is 6.92 Å². The van der Waals surface area contributed by atoms with Crippen molar-refractivity contribution in [1.82, 2.24) is 5.32 Å². The molecule has 0 aromatic heterocycles. The molecule has 0 bridgehead atoms. The van der Waals surface area contributed by atoms with Gasteiger partial charge in [-0.05, 0) is 59.9 Å². The van der Waals surface area contributed by atoms with E-state index in [1.165, 1.54) is 16.3 Å². The summed E-state index contributed by atoms with van der Waals surface area (Å²) >= 11 is 0. The van der Waals surface area contributed by atoms with Gasteiger partial charge in [0.25, 0.3) is 0 Å². The van der Waals surface area contributed by atoms with Crippen LogP contribution in [0.15, 0.2) is 84.9 Å². The van der Waals surface area contributed by atoms with Crippen LogP contribution in [0.1, 0.15) is 57.9 Å². The molecule has 1 heterocycles. The van der Waals surface area contributed by atoms with Crippen molar-refractivity contribution in [3.8, 4) is 5.75 Å². The Morgan fingerprint density at radius 3 is 2.57 bits per heavy atom. The van der Waals surface area contributed by atoms with E-state index in [0.29, 0.717) is 5.56 Å². The summed E-state index contributed by atoms with van der Waals surface area (Å²) in [6, 6.07) is 29.0. The number of aryl methyl sites for hydroxylation is 1. The third-order valence-corrected chi connectivity index (χ3v) is 6.91. The van der Waals surface area contributed by atoms with E-state index in [2.05, 4.69) is 60.8 Å². The Kier molecular flexibility index (Phi) is 7.44. The molecule has 0 saturated heterocycles. The molecule has 2 unspecified atom stereocenters. The van der Waals surface area contributed by atoms with Gasteiger partial charge >= 0.3 is 5.97 Å². The van der Waals surface area contributed by atoms with Crippen molar-refractivity contribution in [2.45, 2.75) is 38.3 Å². The highest BCUT2D eigenvalue weighted by molar-refractivity contribution is 5.89. The van der Waals surface area contributed by atoms with Gasteiger partial charge in [0.2, 0.25) is 0 Å². The van der Waals surface area contributed by atoms with Gasteiger partial charge < -0.3 is 15.2 Å². The first-order chi connectivity index (χ1) is 16.5. The number of carboxylic acid groups (broad SMARTS) is 1. The van der Waals surface area contributed by atoms with Crippen molar-refractivity contribution in [3.05, 3.63) is 113 Å². The number of para-hydroxylation sites is 1. The molecule has 2 N–H and O–H groups in total. The van der Waals surface area contributed by atoms with Crippen molar-refractivity contribution in [1.29, 1.82) is 0 Å². The van der Waals surface area contributed by atoms with Gasteiger partial charge in [0.05, 0.1) is 5.56 Å². The van der Waals surface area contributed by atoms with Crippen molar-refractivity contribution >= 4 is 29.1 Å². The summed E-state index contributed by atoms with van der Waals surface area (Å²) in [5.41, 5.74) is 4.71. The van der Waals surface area contributed by atoms with E-state index in [0.717, 1.165) is 35.4 Å². The standard InChI is InChI=1S/C30H29NO3.ClH/c1-19-16-22(14-15-24(19)30(32)33)28-17-23(34-29-13-6-5-11-27(28)29)18-31-20(2)25-12-7-9-21-8-3-4-10-26(21)25;/h3-16,20,23,28,31H,17-18H2,1-2H3,(H,32,33);1H/t20-,23?,28?;/m1./s1. The molecule has 0 fully saturated rings. The monoisotopic (exact) mass is 487 g/mol. The second-order valence-electron chi connectivity index (χ2n) is 9.14. The van der Waals surface area contributed by atoms with Crippen LogP contribution in [0.4, 0.5) is 0 Å². The number of halogens is 1. The van der Waals surface area contributed by atoms with E-state index in [-0.39, 0.29) is 30.5 Å². The van der Waals surface area contributed by atoms with Crippen LogP contribution in [-0.4, -0.2) is 23.7 Å². The molecule has 3 atom stereocenters. The van der Waals surface area contributed by atoms with E-state index in [1.807, 2.05) is 37.3 Å². The fourth-order valence-corrected chi connectivity index (χ4v) is 5.12. The second kappa shape index (κ2) is 10.5. The molecule has 4 aromatic carbocycles. The van der Waals surface area contributed by atoms with Crippen LogP contribution in [0.2, 0.25) is 0 Å². The summed E-state index contributed by atoms with van der Waals surface area (Å²) in [5, 5.41) is 15.6. The minimum Gasteiger partial charge on any atom is -0.489 e. The van der Waals surface area contributed by atoms with E-state index in [4.69, 9.17) is 4.74 Å². The summed E-state index contributed by atoms with van der Waals surface area (Å²) in [7, 11) is 0. The molecule has 0 radical (unpaired) electrons. The van der Waals surface area contributed by atoms with Gasteiger partial charge in [0.1, 0.15) is 11.9 Å². The smallest absolute Gasteiger partial charge is 0.335 e. The predicted octanol–water partition coefficient (Wildman–Crippen LogP) is 6.90. The number of carboxylic acids is 1. The fourth-order valence-electron chi connectivity index (χ4n) is 5.12. The second-order valence-corrected chi connectivity index (χ2v) is 9.14. The predicted molar refractivity (Wildman–Crippen MR) is 143 cm³/mol. The van der Waals surface area contributed by atoms with Gasteiger partial charge in [0.15, 0.2) is 0 Å². The maximum atomic E-state index is 11.5. The fraction of sp³-hybridized carbons (Fsp3) is 0.233. The Bertz CT molecular complexity index is 1350. The van der Waals surface area contributed by atoms with E-state index < -0.39 is 5.97 Å². The summed E-state index contributed by atoms with van der Waals surface area (Å²) < 4.78 is 6.39. The highest BCUT2D eigenvalue weighted by Crippen LogP contribution is 2.40. The van der Waals surface area contributed by atoms with Gasteiger partial charge in [-0.3, -0.25) is 0 Å². The first-order valence-corrected chi connectivity index (χ1v) is 11.8. The third-order valence-electron chi connectivity index (χ3n) is 6.91. The van der Waals surface area contributed by atoms with Crippen LogP contribution in [-0.2, 0) is 0 Å². The Hall–Kier alpha value is -3.34. The topological polar surface area (TPSA) is 58.6 Å². The zero-order valence-corrected chi connectivity index (χ0v) is 20.7. The summed E-state index contributed by atoms with van der Waals surface area (Å²) in [6.07, 6.45) is 0.842. The number of hydrogen-bond acceptors (Lipinski definition) is 3. The summed E-state index contributed by atoms with van der Waals surface area (Å²) in [5.74, 6) is 0.176. The van der Waals surface area contributed by atoms with Crippen molar-refractivity contribution in [3.63, 3.8) is 0 Å². The van der Waals surface area contributed by atoms with Crippen molar-refractivity contribution < 1.29 is 14.6 Å². The van der Waals surface area contributed by atoms with Gasteiger partial charge in [-0.2, -0.15) is 0 Å². The molecule has 0 spiro atoms. The highest BCUT2D eigenvalue weighted by Gasteiger charge is 2.30. The average Bonchev–Trinajstić information content (AvgIpc) is 2.86. The van der Waals surface area contributed by atoms with Crippen molar-refractivity contribution in [2.24, 2.45) is 0 Å². The average molecular weight is 488 g/mol. The summed E-state index contributed by atoms with van der Waals surface area (Å²) in [6.45, 7) is 4.79. The Labute approximate surface area is 212 Å². The molecule has 4 nitrogen and oxygen atoms in total. The number of hydrogen-bond donors (Lipinski definition) is 2. The minimum atomic E-state index is -0.888. The number of benzene rings is 4. The van der Waals surface area contributed by atoms with Crippen LogP contribution < -0.4 is 10.1 Å². The van der Waals surface area contributed by atoms with Gasteiger partial charge in [-0.1, -0.05) is 72.8 Å². The number of ether oxygens (including phenoxy) is 1. The molecule has 5 heteroatoms. The lowest BCUT2D eigenvalue weighted by atomic mass is 9.83. The number of rotatable bonds is 6. The molecule has 1 aliphatic heterocycles. The molecule has 5 rings (SSSR count). The molecule has 0 saturated carbocycles. The molecular weight excluding hydrogens is 458 g/mol. The largest absolute Gasteiger partial charge is 0.489 e. The van der Waals surface area contributed by atoms with Gasteiger partial charge in [-0.25, -0.2) is 4.79 Å². The number of carbonyl (C=O) groups is 1. The number of nitrogens with one attached hydrogen (secondary N) is 1. The minimum absolute atomic E-state index is 0. The lowest BCUT2D eigenvalue weighted by molar-refractivity contribution is 0.0696. The quantitative estimate of drug-likeness (QED) is 0.310. The molecule has 0 amide bonds. The lowest BCUT2D eigenvalue weighted by Crippen LogP contribution is -2.37. The SMILES string of the molecule is Cc1cc(C2CC(CN[C@H](C)c3cccc4ccccc34)Oc3ccccc32)ccc1C(=O)O.Cl. The van der Waals surface area contributed by atoms with Crippen molar-refractivity contribution in [2.75, 3.05) is 6.54 Å². The van der Waals surface area contributed by atoms with E-state index in [1.54, 1.807) is 6.07 Å². The van der Waals surface area contributed by atoms with Crippen LogP contribution in [0.3, 0.4) is 0 Å². The third kappa shape index (κ3) is 5.04. The summed E-state index contributed by atoms with van der Waals surface area (Å²) in [4.78, 5) is 11.5. The molecule has 4 aromatic rings. The number of aromatic carboxylic acids is 1. The zero-order chi connectivity index (χ0) is 23.7. The zero-order valence-electron chi connectivity index (χ0n) is 19.9. The Balaban J connectivity index is 0.00000289. The Morgan fingerprint density at radius 2 is 1.77 bits per heavy atom. The maximum Gasteiger partial charge on any atom is 0.335 e. The number of fused-ring (bicyclic) bond motifs is 2. The molecule has 1 aliphatic rings. The first kappa shape index (κ1) is 24.8. The first-order valence-electron chi connectivity index (χ1n) is 11.8. The van der Waals surface area contributed by atoms with Gasteiger partial charge in [-0.15, -0.1) is 12.4 Å². The molecular formula is C30H30ClNO3. The maximum absolute atomic E-state index is 11.5. The Morgan fingerprint density at radius 1 is 1.03 bits per heavy atom. The van der Waals surface area contributed by atoms with Gasteiger partial charge in [0, 0.05) is 24.1 Å². The highest BCUT2D eigenvalue weighted by atomic mass is 35.5. The molecule has 180 valence electrons. The molecule has 35 heavy (non-hydrogen) atoms. The van der Waals surface area contributed by atoms with Crippen LogP contribution in [0.5, 0.6) is 5.75 Å². The van der Waals surface area contributed by atoms with Crippen LogP contribution >= 0.6 is 12.4 Å².